The van der Waals surface area contributed by atoms with Crippen molar-refractivity contribution in [3.63, 3.8) is 0 Å². The van der Waals surface area contributed by atoms with Gasteiger partial charge in [-0.05, 0) is 40.5 Å². The SMILES string of the molecule is Cc1[nH]ncc1CNCc1ccc(OC(F)(F)F)c(Br)c1. The van der Waals surface area contributed by atoms with Gasteiger partial charge in [-0.25, -0.2) is 0 Å². The lowest BCUT2D eigenvalue weighted by atomic mass is 10.2. The summed E-state index contributed by atoms with van der Waals surface area (Å²) in [4.78, 5) is 0. The molecule has 8 heteroatoms. The van der Waals surface area contributed by atoms with Crippen LogP contribution in [0.1, 0.15) is 16.8 Å². The van der Waals surface area contributed by atoms with Gasteiger partial charge in [0.15, 0.2) is 0 Å². The predicted octanol–water partition coefficient (Wildman–Crippen LogP) is 3.67. The Hall–Kier alpha value is -1.54. The van der Waals surface area contributed by atoms with Gasteiger partial charge in [-0.1, -0.05) is 6.07 Å². The van der Waals surface area contributed by atoms with Gasteiger partial charge in [0.25, 0.3) is 0 Å². The van der Waals surface area contributed by atoms with E-state index < -0.39 is 6.36 Å². The van der Waals surface area contributed by atoms with Crippen LogP contribution in [0.3, 0.4) is 0 Å². The lowest BCUT2D eigenvalue weighted by Gasteiger charge is -2.12. The van der Waals surface area contributed by atoms with Crippen molar-refractivity contribution in [1.82, 2.24) is 15.5 Å². The number of nitrogens with zero attached hydrogens (tertiary/aromatic N) is 1. The van der Waals surface area contributed by atoms with E-state index in [0.717, 1.165) is 16.8 Å². The summed E-state index contributed by atoms with van der Waals surface area (Å²) in [5.74, 6) is -0.253. The summed E-state index contributed by atoms with van der Waals surface area (Å²) >= 11 is 3.07. The van der Waals surface area contributed by atoms with Crippen molar-refractivity contribution >= 4 is 15.9 Å². The first-order valence-corrected chi connectivity index (χ1v) is 6.88. The first-order valence-electron chi connectivity index (χ1n) is 6.09. The predicted molar refractivity (Wildman–Crippen MR) is 74.7 cm³/mol. The van der Waals surface area contributed by atoms with Gasteiger partial charge in [-0.15, -0.1) is 13.2 Å². The average molecular weight is 364 g/mol. The Morgan fingerprint density at radius 1 is 1.33 bits per heavy atom. The van der Waals surface area contributed by atoms with Crippen molar-refractivity contribution in [2.75, 3.05) is 0 Å². The van der Waals surface area contributed by atoms with E-state index in [-0.39, 0.29) is 10.2 Å². The van der Waals surface area contributed by atoms with Crippen molar-refractivity contribution < 1.29 is 17.9 Å². The maximum atomic E-state index is 12.2. The minimum atomic E-state index is -4.69. The summed E-state index contributed by atoms with van der Waals surface area (Å²) in [6, 6.07) is 4.47. The van der Waals surface area contributed by atoms with Crippen LogP contribution in [0.2, 0.25) is 0 Å². The molecule has 1 aromatic heterocycles. The van der Waals surface area contributed by atoms with Crippen molar-refractivity contribution in [2.45, 2.75) is 26.4 Å². The fourth-order valence-electron chi connectivity index (χ4n) is 1.76. The van der Waals surface area contributed by atoms with E-state index in [9.17, 15) is 13.2 Å². The summed E-state index contributed by atoms with van der Waals surface area (Å²) in [6.07, 6.45) is -2.96. The molecular weight excluding hydrogens is 351 g/mol. The van der Waals surface area contributed by atoms with Gasteiger partial charge in [-0.3, -0.25) is 5.10 Å². The summed E-state index contributed by atoms with van der Waals surface area (Å²) < 4.78 is 40.6. The molecule has 0 atom stereocenters. The molecule has 2 N–H and O–H groups in total. The first kappa shape index (κ1) is 15.8. The van der Waals surface area contributed by atoms with Crippen LogP contribution in [0.4, 0.5) is 13.2 Å². The van der Waals surface area contributed by atoms with Gasteiger partial charge in [0.1, 0.15) is 5.75 Å². The summed E-state index contributed by atoms with van der Waals surface area (Å²) in [5, 5.41) is 9.94. The highest BCUT2D eigenvalue weighted by Crippen LogP contribution is 2.31. The Morgan fingerprint density at radius 2 is 2.10 bits per heavy atom. The third-order valence-electron chi connectivity index (χ3n) is 2.80. The number of hydrogen-bond donors (Lipinski definition) is 2. The number of nitrogens with one attached hydrogen (secondary N) is 2. The van der Waals surface area contributed by atoms with Crippen LogP contribution in [0.5, 0.6) is 5.75 Å². The van der Waals surface area contributed by atoms with Gasteiger partial charge in [0, 0.05) is 24.3 Å². The molecule has 0 radical (unpaired) electrons. The van der Waals surface area contributed by atoms with E-state index in [1.165, 1.54) is 6.07 Å². The number of ether oxygens (including phenoxy) is 1. The number of rotatable bonds is 5. The molecule has 21 heavy (non-hydrogen) atoms. The van der Waals surface area contributed by atoms with Crippen LogP contribution in [-0.2, 0) is 13.1 Å². The molecule has 0 aliphatic rings. The standard InChI is InChI=1S/C13H13BrF3N3O/c1-8-10(7-19-20-8)6-18-5-9-2-3-12(11(14)4-9)21-13(15,16)17/h2-4,7,18H,5-6H2,1H3,(H,19,20). The Kier molecular flexibility index (Phi) is 4.89. The van der Waals surface area contributed by atoms with E-state index in [4.69, 9.17) is 0 Å². The molecule has 0 amide bonds. The highest BCUT2D eigenvalue weighted by Gasteiger charge is 2.31. The van der Waals surface area contributed by atoms with Crippen LogP contribution < -0.4 is 10.1 Å². The minimum absolute atomic E-state index is 0.253. The second-order valence-corrected chi connectivity index (χ2v) is 5.29. The molecular formula is C13H13BrF3N3O. The average Bonchev–Trinajstić information content (AvgIpc) is 2.77. The summed E-state index contributed by atoms with van der Waals surface area (Å²) in [5.41, 5.74) is 2.88. The Bertz CT molecular complexity index is 613. The minimum Gasteiger partial charge on any atom is -0.405 e. The number of aromatic nitrogens is 2. The lowest BCUT2D eigenvalue weighted by Crippen LogP contribution is -2.17. The monoisotopic (exact) mass is 363 g/mol. The van der Waals surface area contributed by atoms with E-state index in [1.807, 2.05) is 6.92 Å². The Morgan fingerprint density at radius 3 is 2.67 bits per heavy atom. The quantitative estimate of drug-likeness (QED) is 0.851. The molecule has 0 aliphatic heterocycles. The third-order valence-corrected chi connectivity index (χ3v) is 3.42. The lowest BCUT2D eigenvalue weighted by molar-refractivity contribution is -0.274. The number of aromatic amines is 1. The van der Waals surface area contributed by atoms with Crippen LogP contribution in [-0.4, -0.2) is 16.6 Å². The zero-order chi connectivity index (χ0) is 15.5. The molecule has 1 aromatic carbocycles. The number of hydrogen-bond acceptors (Lipinski definition) is 3. The molecule has 0 spiro atoms. The fraction of sp³-hybridized carbons (Fsp3) is 0.308. The van der Waals surface area contributed by atoms with Gasteiger partial charge >= 0.3 is 6.36 Å². The number of H-pyrrole nitrogens is 1. The van der Waals surface area contributed by atoms with Crippen LogP contribution in [0.15, 0.2) is 28.9 Å². The Balaban J connectivity index is 1.93. The molecule has 2 aromatic rings. The van der Waals surface area contributed by atoms with Gasteiger partial charge in [0.2, 0.25) is 0 Å². The van der Waals surface area contributed by atoms with Crippen molar-refractivity contribution in [1.29, 1.82) is 0 Å². The molecule has 0 bridgehead atoms. The normalized spacial score (nSPS) is 11.7. The maximum Gasteiger partial charge on any atom is 0.573 e. The summed E-state index contributed by atoms with van der Waals surface area (Å²) in [7, 11) is 0. The molecule has 0 unspecified atom stereocenters. The largest absolute Gasteiger partial charge is 0.573 e. The maximum absolute atomic E-state index is 12.2. The van der Waals surface area contributed by atoms with Crippen LogP contribution >= 0.6 is 15.9 Å². The highest BCUT2D eigenvalue weighted by molar-refractivity contribution is 9.10. The first-order chi connectivity index (χ1) is 9.85. The van der Waals surface area contributed by atoms with E-state index >= 15 is 0 Å². The zero-order valence-corrected chi connectivity index (χ0v) is 12.7. The van der Waals surface area contributed by atoms with E-state index in [1.54, 1.807) is 18.3 Å². The van der Waals surface area contributed by atoms with Crippen molar-refractivity contribution in [2.24, 2.45) is 0 Å². The van der Waals surface area contributed by atoms with Crippen molar-refractivity contribution in [3.05, 3.63) is 45.7 Å². The number of halogens is 4. The van der Waals surface area contributed by atoms with Gasteiger partial charge in [-0.2, -0.15) is 5.10 Å². The second kappa shape index (κ2) is 6.48. The molecule has 0 aliphatic carbocycles. The summed E-state index contributed by atoms with van der Waals surface area (Å²) in [6.45, 7) is 3.07. The number of aryl methyl sites for hydroxylation is 1. The van der Waals surface area contributed by atoms with E-state index in [0.29, 0.717) is 13.1 Å². The smallest absolute Gasteiger partial charge is 0.405 e. The van der Waals surface area contributed by atoms with Gasteiger partial charge < -0.3 is 10.1 Å². The molecule has 2 rings (SSSR count). The van der Waals surface area contributed by atoms with Crippen LogP contribution in [0.25, 0.3) is 0 Å². The van der Waals surface area contributed by atoms with E-state index in [2.05, 4.69) is 36.2 Å². The molecule has 0 saturated heterocycles. The number of benzene rings is 1. The molecule has 1 heterocycles. The second-order valence-electron chi connectivity index (χ2n) is 4.44. The topological polar surface area (TPSA) is 49.9 Å². The van der Waals surface area contributed by atoms with Crippen molar-refractivity contribution in [3.8, 4) is 5.75 Å². The third kappa shape index (κ3) is 4.75. The molecule has 4 nitrogen and oxygen atoms in total. The van der Waals surface area contributed by atoms with Gasteiger partial charge in [0.05, 0.1) is 10.7 Å². The van der Waals surface area contributed by atoms with Crippen LogP contribution in [0, 0.1) is 6.92 Å². The number of alkyl halides is 3. The zero-order valence-electron chi connectivity index (χ0n) is 11.1. The molecule has 0 saturated carbocycles. The Labute approximate surface area is 127 Å². The highest BCUT2D eigenvalue weighted by atomic mass is 79.9. The molecule has 0 fully saturated rings. The fourth-order valence-corrected chi connectivity index (χ4v) is 2.26. The molecule has 114 valence electrons.